The standard InChI is InChI=1S/C10H15N3O2S/c1-4-15-9(14)8-7-5-16-6-10(2,3)13(7)12-11-8/h4-6H2,1-3H3. The van der Waals surface area contributed by atoms with Gasteiger partial charge in [-0.1, -0.05) is 5.21 Å². The van der Waals surface area contributed by atoms with Crippen LogP contribution >= 0.6 is 11.8 Å². The summed E-state index contributed by atoms with van der Waals surface area (Å²) in [6.07, 6.45) is 0. The molecule has 5 nitrogen and oxygen atoms in total. The molecule has 88 valence electrons. The van der Waals surface area contributed by atoms with Crippen LogP contribution < -0.4 is 0 Å². The van der Waals surface area contributed by atoms with Gasteiger partial charge in [0.25, 0.3) is 0 Å². The lowest BCUT2D eigenvalue weighted by Gasteiger charge is -2.30. The fraction of sp³-hybridized carbons (Fsp3) is 0.700. The molecule has 16 heavy (non-hydrogen) atoms. The van der Waals surface area contributed by atoms with Crippen molar-refractivity contribution in [1.29, 1.82) is 0 Å². The van der Waals surface area contributed by atoms with Gasteiger partial charge in [-0.2, -0.15) is 11.8 Å². The number of ether oxygens (including phenoxy) is 1. The Bertz CT molecular complexity index is 414. The fourth-order valence-corrected chi connectivity index (χ4v) is 2.91. The lowest BCUT2D eigenvalue weighted by molar-refractivity contribution is 0.0518. The van der Waals surface area contributed by atoms with Crippen molar-refractivity contribution in [2.75, 3.05) is 12.4 Å². The molecule has 0 aromatic carbocycles. The minimum absolute atomic E-state index is 0.0873. The minimum atomic E-state index is -0.373. The van der Waals surface area contributed by atoms with Crippen molar-refractivity contribution in [2.45, 2.75) is 32.1 Å². The summed E-state index contributed by atoms with van der Waals surface area (Å²) in [6.45, 7) is 6.33. The molecule has 0 saturated heterocycles. The van der Waals surface area contributed by atoms with Crippen LogP contribution in [0.25, 0.3) is 0 Å². The number of nitrogens with zero attached hydrogens (tertiary/aromatic N) is 3. The smallest absolute Gasteiger partial charge is 0.360 e. The van der Waals surface area contributed by atoms with Crippen molar-refractivity contribution in [3.63, 3.8) is 0 Å². The number of hydrogen-bond acceptors (Lipinski definition) is 5. The second-order valence-corrected chi connectivity index (χ2v) is 5.31. The van der Waals surface area contributed by atoms with Crippen molar-refractivity contribution in [3.8, 4) is 0 Å². The minimum Gasteiger partial charge on any atom is -0.461 e. The van der Waals surface area contributed by atoms with Gasteiger partial charge in [0.2, 0.25) is 0 Å². The zero-order valence-electron chi connectivity index (χ0n) is 9.69. The molecule has 1 aliphatic heterocycles. The first-order valence-corrected chi connectivity index (χ1v) is 6.41. The molecule has 0 atom stereocenters. The molecular weight excluding hydrogens is 226 g/mol. The van der Waals surface area contributed by atoms with E-state index in [-0.39, 0.29) is 11.5 Å². The Labute approximate surface area is 98.5 Å². The van der Waals surface area contributed by atoms with Crippen molar-refractivity contribution in [2.24, 2.45) is 0 Å². The molecule has 0 radical (unpaired) electrons. The first kappa shape index (κ1) is 11.4. The predicted octanol–water partition coefficient (Wildman–Crippen LogP) is 1.44. The third-order valence-electron chi connectivity index (χ3n) is 2.50. The molecule has 6 heteroatoms. The Kier molecular flexibility index (Phi) is 2.92. The van der Waals surface area contributed by atoms with Gasteiger partial charge in [-0.3, -0.25) is 0 Å². The topological polar surface area (TPSA) is 57.0 Å². The number of carbonyl (C=O) groups is 1. The van der Waals surface area contributed by atoms with Crippen LogP contribution in [0.1, 0.15) is 37.0 Å². The van der Waals surface area contributed by atoms with Crippen molar-refractivity contribution in [3.05, 3.63) is 11.4 Å². The van der Waals surface area contributed by atoms with Gasteiger partial charge in [-0.05, 0) is 20.8 Å². The van der Waals surface area contributed by atoms with Gasteiger partial charge in [0.05, 0.1) is 17.8 Å². The SMILES string of the molecule is CCOC(=O)c1nnn2c1CSCC2(C)C. The van der Waals surface area contributed by atoms with Crippen LogP contribution in [0.3, 0.4) is 0 Å². The summed E-state index contributed by atoms with van der Waals surface area (Å²) >= 11 is 1.79. The molecule has 0 amide bonds. The van der Waals surface area contributed by atoms with Gasteiger partial charge in [0.15, 0.2) is 5.69 Å². The summed E-state index contributed by atoms with van der Waals surface area (Å²) in [4.78, 5) is 11.6. The van der Waals surface area contributed by atoms with E-state index in [0.717, 1.165) is 17.2 Å². The van der Waals surface area contributed by atoms with Crippen LogP contribution in [0.5, 0.6) is 0 Å². The number of rotatable bonds is 2. The maximum absolute atomic E-state index is 11.6. The summed E-state index contributed by atoms with van der Waals surface area (Å²) in [6, 6.07) is 0. The molecule has 1 aliphatic rings. The molecule has 0 aliphatic carbocycles. The molecule has 0 saturated carbocycles. The third-order valence-corrected chi connectivity index (χ3v) is 3.89. The number of thioether (sulfide) groups is 1. The van der Waals surface area contributed by atoms with Crippen molar-refractivity contribution in [1.82, 2.24) is 15.0 Å². The number of aromatic nitrogens is 3. The quantitative estimate of drug-likeness (QED) is 0.733. The fourth-order valence-electron chi connectivity index (χ4n) is 1.73. The Balaban J connectivity index is 2.37. The zero-order valence-corrected chi connectivity index (χ0v) is 10.5. The number of carbonyl (C=O) groups excluding carboxylic acids is 1. The summed E-state index contributed by atoms with van der Waals surface area (Å²) in [5, 5.41) is 8.00. The molecule has 2 heterocycles. The first-order chi connectivity index (χ1) is 7.56. The van der Waals surface area contributed by atoms with E-state index in [9.17, 15) is 4.79 Å². The van der Waals surface area contributed by atoms with E-state index in [0.29, 0.717) is 12.3 Å². The van der Waals surface area contributed by atoms with Gasteiger partial charge in [-0.15, -0.1) is 5.10 Å². The first-order valence-electron chi connectivity index (χ1n) is 5.26. The number of hydrogen-bond donors (Lipinski definition) is 0. The number of esters is 1. The lowest BCUT2D eigenvalue weighted by Crippen LogP contribution is -2.35. The highest BCUT2D eigenvalue weighted by Gasteiger charge is 2.33. The van der Waals surface area contributed by atoms with E-state index < -0.39 is 0 Å². The molecule has 0 bridgehead atoms. The normalized spacial score (nSPS) is 17.9. The molecule has 0 spiro atoms. The second kappa shape index (κ2) is 4.08. The molecule has 1 aromatic rings. The van der Waals surface area contributed by atoms with E-state index in [1.54, 1.807) is 18.7 Å². The average Bonchev–Trinajstić information content (AvgIpc) is 2.62. The highest BCUT2D eigenvalue weighted by molar-refractivity contribution is 7.98. The van der Waals surface area contributed by atoms with E-state index in [1.807, 2.05) is 4.68 Å². The predicted molar refractivity (Wildman–Crippen MR) is 61.5 cm³/mol. The van der Waals surface area contributed by atoms with E-state index in [1.165, 1.54) is 0 Å². The summed E-state index contributed by atoms with van der Waals surface area (Å²) < 4.78 is 6.80. The van der Waals surface area contributed by atoms with E-state index in [2.05, 4.69) is 24.2 Å². The van der Waals surface area contributed by atoms with Crippen LogP contribution in [-0.2, 0) is 16.0 Å². The van der Waals surface area contributed by atoms with Crippen LogP contribution in [0.15, 0.2) is 0 Å². The number of fused-ring (bicyclic) bond motifs is 1. The van der Waals surface area contributed by atoms with Crippen molar-refractivity contribution < 1.29 is 9.53 Å². The Hall–Kier alpha value is -1.04. The Morgan fingerprint density at radius 2 is 2.38 bits per heavy atom. The van der Waals surface area contributed by atoms with Gasteiger partial charge >= 0.3 is 5.97 Å². The summed E-state index contributed by atoms with van der Waals surface area (Å²) in [5.74, 6) is 1.37. The molecule has 0 unspecified atom stereocenters. The molecular formula is C10H15N3O2S. The highest BCUT2D eigenvalue weighted by atomic mass is 32.2. The highest BCUT2D eigenvalue weighted by Crippen LogP contribution is 2.31. The van der Waals surface area contributed by atoms with Gasteiger partial charge in [-0.25, -0.2) is 9.48 Å². The zero-order chi connectivity index (χ0) is 11.8. The maximum Gasteiger partial charge on any atom is 0.360 e. The van der Waals surface area contributed by atoms with Gasteiger partial charge in [0.1, 0.15) is 0 Å². The second-order valence-electron chi connectivity index (χ2n) is 4.32. The largest absolute Gasteiger partial charge is 0.461 e. The van der Waals surface area contributed by atoms with Crippen molar-refractivity contribution >= 4 is 17.7 Å². The van der Waals surface area contributed by atoms with Crippen LogP contribution in [0, 0.1) is 0 Å². The summed E-state index contributed by atoms with van der Waals surface area (Å²) in [5.41, 5.74) is 1.15. The van der Waals surface area contributed by atoms with E-state index >= 15 is 0 Å². The molecule has 1 aromatic heterocycles. The lowest BCUT2D eigenvalue weighted by atomic mass is 10.1. The summed E-state index contributed by atoms with van der Waals surface area (Å²) in [7, 11) is 0. The van der Waals surface area contributed by atoms with Gasteiger partial charge < -0.3 is 4.74 Å². The van der Waals surface area contributed by atoms with Crippen LogP contribution in [-0.4, -0.2) is 33.3 Å². The van der Waals surface area contributed by atoms with Crippen LogP contribution in [0.2, 0.25) is 0 Å². The average molecular weight is 241 g/mol. The monoisotopic (exact) mass is 241 g/mol. The molecule has 2 rings (SSSR count). The van der Waals surface area contributed by atoms with Crippen LogP contribution in [0.4, 0.5) is 0 Å². The Morgan fingerprint density at radius 3 is 3.06 bits per heavy atom. The molecule has 0 fully saturated rings. The third kappa shape index (κ3) is 1.81. The maximum atomic E-state index is 11.6. The Morgan fingerprint density at radius 1 is 1.62 bits per heavy atom. The molecule has 0 N–H and O–H groups in total. The van der Waals surface area contributed by atoms with E-state index in [4.69, 9.17) is 4.74 Å². The van der Waals surface area contributed by atoms with Gasteiger partial charge in [0, 0.05) is 11.5 Å².